The molecule has 0 saturated heterocycles. The molecule has 0 aliphatic heterocycles. The van der Waals surface area contributed by atoms with Crippen molar-refractivity contribution in [1.82, 2.24) is 4.98 Å². The number of nitrogens with one attached hydrogen (secondary N) is 1. The third-order valence-electron chi connectivity index (χ3n) is 5.27. The van der Waals surface area contributed by atoms with E-state index in [9.17, 15) is 9.59 Å². The van der Waals surface area contributed by atoms with Crippen LogP contribution in [-0.2, 0) is 11.2 Å². The lowest BCUT2D eigenvalue weighted by molar-refractivity contribution is 0.0490. The number of unbranched alkanes of at least 4 members (excludes halogenated alkanes) is 3. The van der Waals surface area contributed by atoms with Gasteiger partial charge in [0.05, 0.1) is 6.61 Å². The molecule has 1 heterocycles. The maximum absolute atomic E-state index is 12.8. The fourth-order valence-corrected chi connectivity index (χ4v) is 4.12. The van der Waals surface area contributed by atoms with Gasteiger partial charge in [-0.15, -0.1) is 0 Å². The summed E-state index contributed by atoms with van der Waals surface area (Å²) in [7, 11) is 0. The molecule has 0 amide bonds. The Labute approximate surface area is 165 Å². The first-order chi connectivity index (χ1) is 13.0. The minimum atomic E-state index is -0.375. The zero-order valence-corrected chi connectivity index (χ0v) is 16.7. The molecule has 27 heavy (non-hydrogen) atoms. The fraction of sp³-hybridized carbons (Fsp3) is 0.455. The molecule has 4 nitrogen and oxygen atoms in total. The summed E-state index contributed by atoms with van der Waals surface area (Å²) in [6.07, 6.45) is 5.28. The lowest BCUT2D eigenvalue weighted by atomic mass is 9.81. The van der Waals surface area contributed by atoms with Crippen LogP contribution in [0.15, 0.2) is 24.3 Å². The van der Waals surface area contributed by atoms with Crippen LogP contribution in [0.25, 0.3) is 0 Å². The van der Waals surface area contributed by atoms with Crippen LogP contribution in [0.5, 0.6) is 0 Å². The molecule has 1 N–H and O–H groups in total. The molecular weight excluding hydrogens is 362 g/mol. The maximum Gasteiger partial charge on any atom is 0.355 e. The first-order valence-corrected chi connectivity index (χ1v) is 10.1. The Morgan fingerprint density at radius 3 is 2.74 bits per heavy atom. The number of carbonyl (C=O) groups excluding carboxylic acids is 2. The van der Waals surface area contributed by atoms with Crippen molar-refractivity contribution in [2.24, 2.45) is 0 Å². The molecule has 0 radical (unpaired) electrons. The van der Waals surface area contributed by atoms with Crippen LogP contribution in [-0.4, -0.2) is 23.3 Å². The van der Waals surface area contributed by atoms with E-state index < -0.39 is 0 Å². The Kier molecular flexibility index (Phi) is 6.38. The highest BCUT2D eigenvalue weighted by Crippen LogP contribution is 2.37. The van der Waals surface area contributed by atoms with E-state index in [0.29, 0.717) is 41.3 Å². The number of H-pyrrole nitrogens is 1. The zero-order valence-electron chi connectivity index (χ0n) is 15.9. The molecule has 1 aliphatic carbocycles. The van der Waals surface area contributed by atoms with Crippen LogP contribution < -0.4 is 0 Å². The Hall–Kier alpha value is -2.07. The summed E-state index contributed by atoms with van der Waals surface area (Å²) in [4.78, 5) is 28.4. The molecule has 0 unspecified atom stereocenters. The minimum absolute atomic E-state index is 0.0228. The van der Waals surface area contributed by atoms with Crippen molar-refractivity contribution >= 4 is 23.4 Å². The van der Waals surface area contributed by atoms with E-state index in [1.54, 1.807) is 0 Å². The number of benzene rings is 1. The lowest BCUT2D eigenvalue weighted by Crippen LogP contribution is -2.18. The van der Waals surface area contributed by atoms with Crippen molar-refractivity contribution in [2.45, 2.75) is 58.3 Å². The summed E-state index contributed by atoms with van der Waals surface area (Å²) in [6.45, 7) is 4.38. The van der Waals surface area contributed by atoms with Gasteiger partial charge in [-0.3, -0.25) is 4.79 Å². The van der Waals surface area contributed by atoms with Gasteiger partial charge < -0.3 is 9.72 Å². The van der Waals surface area contributed by atoms with Gasteiger partial charge in [-0.1, -0.05) is 56.0 Å². The standard InChI is InChI=1S/C22H26ClNO3/c1-3-4-5-8-11-27-22(26)21-14(2)20-18(24-21)12-15(13-19(20)25)16-9-6-7-10-17(16)23/h6-7,9-10,15,24H,3-5,8,11-13H2,1-2H3/t15-/m0/s1. The zero-order chi connectivity index (χ0) is 19.4. The van der Waals surface area contributed by atoms with E-state index in [1.165, 1.54) is 0 Å². The van der Waals surface area contributed by atoms with E-state index in [0.717, 1.165) is 36.9 Å². The molecular formula is C22H26ClNO3. The second kappa shape index (κ2) is 8.75. The van der Waals surface area contributed by atoms with Gasteiger partial charge in [0, 0.05) is 22.7 Å². The van der Waals surface area contributed by atoms with E-state index in [-0.39, 0.29) is 17.7 Å². The second-order valence-corrected chi connectivity index (χ2v) is 7.63. The molecule has 144 valence electrons. The fourth-order valence-electron chi connectivity index (χ4n) is 3.83. The summed E-state index contributed by atoms with van der Waals surface area (Å²) in [6, 6.07) is 7.63. The van der Waals surface area contributed by atoms with Gasteiger partial charge in [0.25, 0.3) is 0 Å². The molecule has 0 fully saturated rings. The SMILES string of the molecule is CCCCCCOC(=O)c1[nH]c2c(c1C)C(=O)C[C@@H](c1ccccc1Cl)C2. The number of rotatable bonds is 7. The van der Waals surface area contributed by atoms with Gasteiger partial charge in [0.2, 0.25) is 0 Å². The molecule has 5 heteroatoms. The van der Waals surface area contributed by atoms with Crippen molar-refractivity contribution in [3.8, 4) is 0 Å². The number of carbonyl (C=O) groups is 2. The smallest absolute Gasteiger partial charge is 0.355 e. The number of hydrogen-bond acceptors (Lipinski definition) is 3. The van der Waals surface area contributed by atoms with Gasteiger partial charge >= 0.3 is 5.97 Å². The summed E-state index contributed by atoms with van der Waals surface area (Å²) in [5, 5.41) is 0.675. The monoisotopic (exact) mass is 387 g/mol. The number of halogens is 1. The Bertz CT molecular complexity index is 840. The van der Waals surface area contributed by atoms with Gasteiger partial charge in [0.1, 0.15) is 5.69 Å². The number of ketones is 1. The van der Waals surface area contributed by atoms with Gasteiger partial charge in [-0.25, -0.2) is 4.79 Å². The number of aromatic amines is 1. The van der Waals surface area contributed by atoms with Gasteiger partial charge in [0.15, 0.2) is 5.78 Å². The summed E-state index contributed by atoms with van der Waals surface area (Å²) in [5.41, 5.74) is 3.54. The molecule has 2 aromatic rings. The Balaban J connectivity index is 1.75. The molecule has 1 aromatic heterocycles. The highest BCUT2D eigenvalue weighted by molar-refractivity contribution is 6.31. The predicted molar refractivity (Wildman–Crippen MR) is 107 cm³/mol. The average Bonchev–Trinajstić information content (AvgIpc) is 2.99. The predicted octanol–water partition coefficient (Wildman–Crippen LogP) is 5.63. The average molecular weight is 388 g/mol. The van der Waals surface area contributed by atoms with Crippen LogP contribution in [0, 0.1) is 6.92 Å². The van der Waals surface area contributed by atoms with E-state index in [2.05, 4.69) is 11.9 Å². The van der Waals surface area contributed by atoms with Crippen molar-refractivity contribution < 1.29 is 14.3 Å². The molecule has 1 aromatic carbocycles. The molecule has 3 rings (SSSR count). The highest BCUT2D eigenvalue weighted by atomic mass is 35.5. The minimum Gasteiger partial charge on any atom is -0.461 e. The second-order valence-electron chi connectivity index (χ2n) is 7.22. The van der Waals surface area contributed by atoms with Gasteiger partial charge in [-0.05, 0) is 42.9 Å². The molecule has 1 atom stereocenters. The first-order valence-electron chi connectivity index (χ1n) is 9.69. The number of hydrogen-bond donors (Lipinski definition) is 1. The Morgan fingerprint density at radius 2 is 2.00 bits per heavy atom. The maximum atomic E-state index is 12.8. The Morgan fingerprint density at radius 1 is 1.22 bits per heavy atom. The number of fused-ring (bicyclic) bond motifs is 1. The highest BCUT2D eigenvalue weighted by Gasteiger charge is 2.32. The summed E-state index contributed by atoms with van der Waals surface area (Å²) >= 11 is 6.32. The van der Waals surface area contributed by atoms with E-state index >= 15 is 0 Å². The quantitative estimate of drug-likeness (QED) is 0.495. The normalized spacial score (nSPS) is 16.3. The third-order valence-corrected chi connectivity index (χ3v) is 5.61. The van der Waals surface area contributed by atoms with Crippen molar-refractivity contribution in [3.63, 3.8) is 0 Å². The van der Waals surface area contributed by atoms with Crippen molar-refractivity contribution in [2.75, 3.05) is 6.61 Å². The van der Waals surface area contributed by atoms with E-state index in [4.69, 9.17) is 16.3 Å². The van der Waals surface area contributed by atoms with Crippen LogP contribution in [0.4, 0.5) is 0 Å². The largest absolute Gasteiger partial charge is 0.461 e. The topological polar surface area (TPSA) is 59.2 Å². The number of ether oxygens (including phenoxy) is 1. The number of esters is 1. The van der Waals surface area contributed by atoms with Crippen LogP contribution in [0.1, 0.15) is 82.6 Å². The first kappa shape index (κ1) is 19.7. The summed E-state index contributed by atoms with van der Waals surface area (Å²) in [5.74, 6) is -0.299. The van der Waals surface area contributed by atoms with E-state index in [1.807, 2.05) is 31.2 Å². The van der Waals surface area contributed by atoms with Crippen molar-refractivity contribution in [1.29, 1.82) is 0 Å². The van der Waals surface area contributed by atoms with Crippen molar-refractivity contribution in [3.05, 3.63) is 57.4 Å². The number of aromatic nitrogens is 1. The molecule has 0 saturated carbocycles. The van der Waals surface area contributed by atoms with Crippen LogP contribution in [0.2, 0.25) is 5.02 Å². The number of Topliss-reactive ketones (excluding diaryl/α,β-unsaturated/α-hetero) is 1. The summed E-state index contributed by atoms with van der Waals surface area (Å²) < 4.78 is 5.40. The molecule has 0 bridgehead atoms. The van der Waals surface area contributed by atoms with Crippen LogP contribution in [0.3, 0.4) is 0 Å². The van der Waals surface area contributed by atoms with Crippen LogP contribution >= 0.6 is 11.6 Å². The third kappa shape index (κ3) is 4.27. The molecule has 0 spiro atoms. The van der Waals surface area contributed by atoms with Gasteiger partial charge in [-0.2, -0.15) is 0 Å². The lowest BCUT2D eigenvalue weighted by Gasteiger charge is -2.22. The molecule has 1 aliphatic rings.